The van der Waals surface area contributed by atoms with Crippen molar-refractivity contribution in [2.24, 2.45) is 7.05 Å². The van der Waals surface area contributed by atoms with Crippen LogP contribution >= 0.6 is 15.9 Å². The average molecular weight is 303 g/mol. The number of hydrogen-bond acceptors (Lipinski definition) is 3. The van der Waals surface area contributed by atoms with Crippen molar-refractivity contribution in [3.8, 4) is 0 Å². The van der Waals surface area contributed by atoms with Crippen LogP contribution in [0.15, 0.2) is 4.47 Å². The maximum absolute atomic E-state index is 10.6. The van der Waals surface area contributed by atoms with Crippen LogP contribution in [0.3, 0.4) is 0 Å². The standard InChI is InChI=1S/C12H19BrN2O2/c1-9-11(13)10(15(2)14-9)8-12(16)4-3-6-17-7-5-12/h16H,3-8H2,1-2H3. The summed E-state index contributed by atoms with van der Waals surface area (Å²) in [6, 6.07) is 0. The number of halogens is 1. The van der Waals surface area contributed by atoms with E-state index >= 15 is 0 Å². The Morgan fingerprint density at radius 2 is 2.24 bits per heavy atom. The second-order valence-electron chi connectivity index (χ2n) is 4.84. The van der Waals surface area contributed by atoms with Crippen LogP contribution in [-0.2, 0) is 18.2 Å². The average Bonchev–Trinajstić information content (AvgIpc) is 2.48. The lowest BCUT2D eigenvalue weighted by atomic mass is 9.90. The van der Waals surface area contributed by atoms with Crippen molar-refractivity contribution in [3.05, 3.63) is 15.9 Å². The SMILES string of the molecule is Cc1nn(C)c(CC2(O)CCCOCC2)c1Br. The highest BCUT2D eigenvalue weighted by molar-refractivity contribution is 9.10. The molecule has 2 rings (SSSR count). The van der Waals surface area contributed by atoms with E-state index in [1.807, 2.05) is 18.7 Å². The topological polar surface area (TPSA) is 47.3 Å². The Bertz CT molecular complexity index is 395. The molecule has 0 bridgehead atoms. The number of aryl methyl sites for hydroxylation is 2. The third-order valence-electron chi connectivity index (χ3n) is 3.40. The van der Waals surface area contributed by atoms with Crippen molar-refractivity contribution in [3.63, 3.8) is 0 Å². The molecule has 0 saturated carbocycles. The number of aliphatic hydroxyl groups is 1. The number of aromatic nitrogens is 2. The molecule has 1 saturated heterocycles. The van der Waals surface area contributed by atoms with Crippen LogP contribution < -0.4 is 0 Å². The summed E-state index contributed by atoms with van der Waals surface area (Å²) in [4.78, 5) is 0. The molecule has 1 N–H and O–H groups in total. The smallest absolute Gasteiger partial charge is 0.0738 e. The molecule has 1 aliphatic rings. The highest BCUT2D eigenvalue weighted by Crippen LogP contribution is 2.29. The van der Waals surface area contributed by atoms with Crippen molar-refractivity contribution in [1.29, 1.82) is 0 Å². The van der Waals surface area contributed by atoms with Crippen LogP contribution in [0, 0.1) is 6.92 Å². The Balaban J connectivity index is 2.18. The first-order chi connectivity index (χ1) is 8.02. The lowest BCUT2D eigenvalue weighted by molar-refractivity contribution is 0.0171. The molecule has 17 heavy (non-hydrogen) atoms. The molecule has 5 heteroatoms. The third-order valence-corrected chi connectivity index (χ3v) is 4.43. The normalized spacial score (nSPS) is 25.9. The summed E-state index contributed by atoms with van der Waals surface area (Å²) in [7, 11) is 1.92. The van der Waals surface area contributed by atoms with Gasteiger partial charge in [-0.2, -0.15) is 5.10 Å². The molecular weight excluding hydrogens is 284 g/mol. The Hall–Kier alpha value is -0.390. The molecule has 1 aromatic rings. The predicted octanol–water partition coefficient (Wildman–Crippen LogP) is 1.97. The highest BCUT2D eigenvalue weighted by atomic mass is 79.9. The van der Waals surface area contributed by atoms with E-state index in [4.69, 9.17) is 4.74 Å². The van der Waals surface area contributed by atoms with Gasteiger partial charge < -0.3 is 9.84 Å². The van der Waals surface area contributed by atoms with Crippen molar-refractivity contribution < 1.29 is 9.84 Å². The number of rotatable bonds is 2. The van der Waals surface area contributed by atoms with Gasteiger partial charge in [-0.05, 0) is 42.1 Å². The van der Waals surface area contributed by atoms with Crippen LogP contribution in [0.4, 0.5) is 0 Å². The summed E-state index contributed by atoms with van der Waals surface area (Å²) in [5.74, 6) is 0. The van der Waals surface area contributed by atoms with E-state index in [9.17, 15) is 5.11 Å². The van der Waals surface area contributed by atoms with Crippen LogP contribution in [0.1, 0.15) is 30.7 Å². The Morgan fingerprint density at radius 3 is 2.88 bits per heavy atom. The molecule has 1 unspecified atom stereocenters. The summed E-state index contributed by atoms with van der Waals surface area (Å²) in [5.41, 5.74) is 1.38. The van der Waals surface area contributed by atoms with Gasteiger partial charge in [0.1, 0.15) is 0 Å². The van der Waals surface area contributed by atoms with E-state index in [0.29, 0.717) is 19.4 Å². The minimum atomic E-state index is -0.654. The van der Waals surface area contributed by atoms with Gasteiger partial charge in [-0.3, -0.25) is 4.68 Å². The molecular formula is C12H19BrN2O2. The molecule has 1 aliphatic heterocycles. The Kier molecular flexibility index (Phi) is 3.90. The van der Waals surface area contributed by atoms with E-state index < -0.39 is 5.60 Å². The molecule has 1 aromatic heterocycles. The zero-order chi connectivity index (χ0) is 12.5. The van der Waals surface area contributed by atoms with Crippen molar-refractivity contribution in [1.82, 2.24) is 9.78 Å². The molecule has 0 spiro atoms. The first-order valence-corrected chi connectivity index (χ1v) is 6.79. The van der Waals surface area contributed by atoms with E-state index in [1.54, 1.807) is 0 Å². The van der Waals surface area contributed by atoms with E-state index in [2.05, 4.69) is 21.0 Å². The van der Waals surface area contributed by atoms with E-state index in [-0.39, 0.29) is 0 Å². The van der Waals surface area contributed by atoms with Gasteiger partial charge in [-0.25, -0.2) is 0 Å². The molecule has 0 amide bonds. The fourth-order valence-corrected chi connectivity index (χ4v) is 2.83. The van der Waals surface area contributed by atoms with Gasteiger partial charge in [0.05, 0.1) is 21.5 Å². The molecule has 2 heterocycles. The van der Waals surface area contributed by atoms with Crippen LogP contribution in [-0.4, -0.2) is 33.7 Å². The molecule has 0 radical (unpaired) electrons. The molecule has 1 atom stereocenters. The van der Waals surface area contributed by atoms with Gasteiger partial charge in [-0.1, -0.05) is 0 Å². The molecule has 4 nitrogen and oxygen atoms in total. The molecule has 1 fully saturated rings. The number of hydrogen-bond donors (Lipinski definition) is 1. The van der Waals surface area contributed by atoms with Gasteiger partial charge >= 0.3 is 0 Å². The first kappa shape index (κ1) is 13.1. The lowest BCUT2D eigenvalue weighted by Gasteiger charge is -2.26. The maximum Gasteiger partial charge on any atom is 0.0738 e. The van der Waals surface area contributed by atoms with E-state index in [0.717, 1.165) is 35.3 Å². The highest BCUT2D eigenvalue weighted by Gasteiger charge is 2.31. The fourth-order valence-electron chi connectivity index (χ4n) is 2.35. The van der Waals surface area contributed by atoms with Crippen molar-refractivity contribution >= 4 is 15.9 Å². The summed E-state index contributed by atoms with van der Waals surface area (Å²) >= 11 is 3.55. The Labute approximate surface area is 110 Å². The van der Waals surface area contributed by atoms with Crippen LogP contribution in [0.25, 0.3) is 0 Å². The lowest BCUT2D eigenvalue weighted by Crippen LogP contribution is -2.32. The molecule has 0 aromatic carbocycles. The van der Waals surface area contributed by atoms with Gasteiger partial charge in [-0.15, -0.1) is 0 Å². The largest absolute Gasteiger partial charge is 0.389 e. The second kappa shape index (κ2) is 5.08. The minimum Gasteiger partial charge on any atom is -0.389 e. The summed E-state index contributed by atoms with van der Waals surface area (Å²) in [6.07, 6.45) is 3.05. The number of ether oxygens (including phenoxy) is 1. The van der Waals surface area contributed by atoms with Gasteiger partial charge in [0.15, 0.2) is 0 Å². The molecule has 0 aliphatic carbocycles. The third kappa shape index (κ3) is 2.89. The summed E-state index contributed by atoms with van der Waals surface area (Å²) in [6.45, 7) is 3.37. The van der Waals surface area contributed by atoms with Gasteiger partial charge in [0.2, 0.25) is 0 Å². The summed E-state index contributed by atoms with van der Waals surface area (Å²) < 4.78 is 8.26. The van der Waals surface area contributed by atoms with Crippen molar-refractivity contribution in [2.45, 2.75) is 38.2 Å². The fraction of sp³-hybridized carbons (Fsp3) is 0.750. The first-order valence-electron chi connectivity index (χ1n) is 6.00. The quantitative estimate of drug-likeness (QED) is 0.908. The van der Waals surface area contributed by atoms with Crippen LogP contribution in [0.2, 0.25) is 0 Å². The zero-order valence-corrected chi connectivity index (χ0v) is 12.0. The number of nitrogens with zero attached hydrogens (tertiary/aromatic N) is 2. The van der Waals surface area contributed by atoms with Crippen molar-refractivity contribution in [2.75, 3.05) is 13.2 Å². The van der Waals surface area contributed by atoms with Gasteiger partial charge in [0.25, 0.3) is 0 Å². The van der Waals surface area contributed by atoms with E-state index in [1.165, 1.54) is 0 Å². The van der Waals surface area contributed by atoms with Crippen LogP contribution in [0.5, 0.6) is 0 Å². The predicted molar refractivity (Wildman–Crippen MR) is 69.0 cm³/mol. The Morgan fingerprint density at radius 1 is 1.47 bits per heavy atom. The monoisotopic (exact) mass is 302 g/mol. The summed E-state index contributed by atoms with van der Waals surface area (Å²) in [5, 5.41) is 15.0. The maximum atomic E-state index is 10.6. The zero-order valence-electron chi connectivity index (χ0n) is 10.4. The minimum absolute atomic E-state index is 0.633. The second-order valence-corrected chi connectivity index (χ2v) is 5.63. The van der Waals surface area contributed by atoms with Gasteiger partial charge in [0, 0.05) is 26.7 Å². The molecule has 96 valence electrons.